The number of aliphatic hydroxyl groups excluding tert-OH is 23. The molecule has 29 heterocycles. The zero-order valence-corrected chi connectivity index (χ0v) is 46.9. The third-order valence-corrected chi connectivity index (χ3v) is 17.6. The van der Waals surface area contributed by atoms with Crippen molar-refractivity contribution < 1.29 is 189 Å². The maximum absolute atomic E-state index is 11.5. The predicted octanol–water partition coefficient (Wildman–Crippen LogP) is -15.3. The Morgan fingerprint density at radius 1 is 0.216 bits per heavy atom. The number of hydrogen-bond acceptors (Lipinski definition) is 38. The molecule has 88 heavy (non-hydrogen) atoms. The average Bonchev–Trinajstić information content (AvgIpc) is 1.36. The summed E-state index contributed by atoms with van der Waals surface area (Å²) in [5.74, 6) is -1.26. The van der Waals surface area contributed by atoms with E-state index in [1.807, 2.05) is 0 Å². The van der Waals surface area contributed by atoms with Crippen molar-refractivity contribution in [3.05, 3.63) is 0 Å². The number of aliphatic hydroxyl groups is 23. The van der Waals surface area contributed by atoms with Crippen LogP contribution in [0.1, 0.15) is 19.8 Å². The first-order chi connectivity index (χ1) is 41.9. The number of ether oxygens (including phenoxy) is 15. The predicted molar refractivity (Wildman–Crippen MR) is 268 cm³/mol. The van der Waals surface area contributed by atoms with Crippen LogP contribution in [0.2, 0.25) is 0 Å². The van der Waals surface area contributed by atoms with Crippen molar-refractivity contribution >= 4 is 0 Å². The second kappa shape index (κ2) is 30.1. The first-order valence-electron chi connectivity index (χ1n) is 28.9. The van der Waals surface area contributed by atoms with E-state index in [1.165, 1.54) is 6.92 Å². The Balaban J connectivity index is 0.975. The standard InChI is InChI=1S/C50H84O38/c1-2-12-37-22(60)29(67)44(75-12)84-39-16(7-54)79-48(33(71)26(39)64)87-42-19(10-57)81-50(35(73)28(42)66)88-43-18(9-56)80-49(34(72)27(43)65)86-40-15(6-53)77-45(31(69)24(40)62)82-36-11(4-51)3-13(20(58)21(36)59)74-38-14(5-52)76-47(30(68)23(38)61)85-41-17(8-55)78-46(83-37)32(70)25(41)63/h11-73H,2-10H2,1H3/t11-,12-,13?,14-,15-,16-,17-,18-,19-,20?,21-,22-,23-,24-,25-,26-,27-,28-,29?,30?,31?,32?,33?,34?,35?,36?,37?,38?,39?,40?,41?,42?,43?,44?,45?,46?,47?,48?,49?,50?/m1/s1. The molecule has 16 bridgehead atoms. The van der Waals surface area contributed by atoms with E-state index >= 15 is 0 Å². The van der Waals surface area contributed by atoms with Crippen molar-refractivity contribution in [2.45, 2.75) is 259 Å². The van der Waals surface area contributed by atoms with E-state index in [9.17, 15) is 117 Å². The second-order valence-corrected chi connectivity index (χ2v) is 23.2. The van der Waals surface area contributed by atoms with E-state index in [1.54, 1.807) is 0 Å². The molecule has 30 aliphatic rings. The van der Waals surface area contributed by atoms with Crippen LogP contribution in [0.25, 0.3) is 0 Å². The Morgan fingerprint density at radius 2 is 0.409 bits per heavy atom. The van der Waals surface area contributed by atoms with E-state index in [-0.39, 0.29) is 6.42 Å². The third-order valence-electron chi connectivity index (χ3n) is 17.6. The van der Waals surface area contributed by atoms with Gasteiger partial charge in [0.25, 0.3) is 0 Å². The number of rotatable bonds is 8. The monoisotopic (exact) mass is 1290 g/mol. The van der Waals surface area contributed by atoms with E-state index in [0.29, 0.717) is 0 Å². The first kappa shape index (κ1) is 70.8. The van der Waals surface area contributed by atoms with Gasteiger partial charge in [-0.05, 0) is 12.8 Å². The van der Waals surface area contributed by atoms with E-state index in [0.717, 1.165) is 0 Å². The lowest BCUT2D eigenvalue weighted by molar-refractivity contribution is -0.399. The van der Waals surface area contributed by atoms with Gasteiger partial charge < -0.3 is 189 Å². The van der Waals surface area contributed by atoms with Crippen LogP contribution in [0, 0.1) is 5.92 Å². The molecule has 38 nitrogen and oxygen atoms in total. The summed E-state index contributed by atoms with van der Waals surface area (Å²) in [6, 6.07) is 0. The fourth-order valence-electron chi connectivity index (χ4n) is 12.6. The molecule has 30 fully saturated rings. The molecule has 30 rings (SSSR count). The van der Waals surface area contributed by atoms with E-state index in [2.05, 4.69) is 0 Å². The van der Waals surface area contributed by atoms with Gasteiger partial charge in [-0.15, -0.1) is 0 Å². The lowest BCUT2D eigenvalue weighted by Crippen LogP contribution is -2.68. The molecule has 0 amide bonds. The Labute approximate surface area is 499 Å². The van der Waals surface area contributed by atoms with Gasteiger partial charge in [-0.2, -0.15) is 0 Å². The summed E-state index contributed by atoms with van der Waals surface area (Å²) in [5, 5.41) is 256. The van der Waals surface area contributed by atoms with Gasteiger partial charge in [-0.1, -0.05) is 6.92 Å². The summed E-state index contributed by atoms with van der Waals surface area (Å²) < 4.78 is 86.8. The minimum atomic E-state index is -2.22. The summed E-state index contributed by atoms with van der Waals surface area (Å²) in [6.07, 6.45) is -76.6. The van der Waals surface area contributed by atoms with Gasteiger partial charge >= 0.3 is 0 Å². The van der Waals surface area contributed by atoms with Gasteiger partial charge in [0.05, 0.1) is 58.0 Å². The third kappa shape index (κ3) is 13.8. The molecule has 1 aliphatic carbocycles. The van der Waals surface area contributed by atoms with Gasteiger partial charge in [0.1, 0.15) is 177 Å². The maximum atomic E-state index is 11.5. The highest BCUT2D eigenvalue weighted by Crippen LogP contribution is 2.41. The number of hydrogen-bond donors (Lipinski definition) is 23. The molecule has 1 saturated carbocycles. The Hall–Kier alpha value is -1.52. The summed E-state index contributed by atoms with van der Waals surface area (Å²) in [7, 11) is 0. The van der Waals surface area contributed by atoms with E-state index in [4.69, 9.17) is 71.1 Å². The molecule has 38 heteroatoms. The highest BCUT2D eigenvalue weighted by Gasteiger charge is 2.60. The molecule has 0 aromatic carbocycles. The minimum Gasteiger partial charge on any atom is -0.396 e. The molecule has 23 N–H and O–H groups in total. The van der Waals surface area contributed by atoms with Crippen LogP contribution in [0.3, 0.4) is 0 Å². The van der Waals surface area contributed by atoms with Gasteiger partial charge in [-0.25, -0.2) is 0 Å². The SMILES string of the molecule is CC[C@H]1OC2OC3[C@H](O)C(O)C(OC4[C@H](O)C(O)C(OC5[C@H](O)C(O)C(OC6[C@H](O)C(O)C(OC7[C@@H](CO)CC(OC8[C@H](O)C(O)C(OC9[C@H](O)C(O)C(OC1[C@H](O)C2O)O[C@@H]9CO)O[C@@H]8CO)C(O)[C@H]7O)O[C@@H]6CO)O[C@@H]5CO)O[C@@H]4CO)O[C@@H]3CO. The van der Waals surface area contributed by atoms with Crippen LogP contribution in [0.5, 0.6) is 0 Å². The molecule has 512 valence electrons. The highest BCUT2D eigenvalue weighted by atomic mass is 16.8. The molecule has 0 aromatic heterocycles. The van der Waals surface area contributed by atoms with Crippen molar-refractivity contribution in [2.75, 3.05) is 46.2 Å². The molecular weight excluding hydrogens is 1210 g/mol. The van der Waals surface area contributed by atoms with Crippen LogP contribution in [-0.2, 0) is 71.1 Å². The van der Waals surface area contributed by atoms with Crippen LogP contribution < -0.4 is 0 Å². The lowest BCUT2D eigenvalue weighted by Gasteiger charge is -2.50. The van der Waals surface area contributed by atoms with Gasteiger partial charge in [-0.3, -0.25) is 0 Å². The molecule has 0 spiro atoms. The molecule has 24 unspecified atom stereocenters. The Morgan fingerprint density at radius 3 is 0.625 bits per heavy atom. The maximum Gasteiger partial charge on any atom is 0.187 e. The summed E-state index contributed by atoms with van der Waals surface area (Å²) >= 11 is 0. The van der Waals surface area contributed by atoms with Gasteiger partial charge in [0.15, 0.2) is 44.0 Å². The van der Waals surface area contributed by atoms with Crippen LogP contribution in [0.4, 0.5) is 0 Å². The molecule has 0 radical (unpaired) electrons. The average molecular weight is 1290 g/mol. The quantitative estimate of drug-likeness (QED) is 0.107. The lowest BCUT2D eigenvalue weighted by atomic mass is 9.80. The largest absolute Gasteiger partial charge is 0.396 e. The fraction of sp³-hybridized carbons (Fsp3) is 1.00. The minimum absolute atomic E-state index is 0.0722. The van der Waals surface area contributed by atoms with Crippen molar-refractivity contribution in [3.63, 3.8) is 0 Å². The summed E-state index contributed by atoms with van der Waals surface area (Å²) in [6.45, 7) is -5.52. The molecule has 29 aliphatic heterocycles. The first-order valence-corrected chi connectivity index (χ1v) is 28.9. The normalized spacial score (nSPS) is 55.4. The Bertz CT molecular complexity index is 1700. The van der Waals surface area contributed by atoms with Gasteiger partial charge in [0.2, 0.25) is 0 Å². The molecular formula is C50H84O38. The van der Waals surface area contributed by atoms with Crippen molar-refractivity contribution in [1.82, 2.24) is 0 Å². The van der Waals surface area contributed by atoms with Crippen molar-refractivity contribution in [1.29, 1.82) is 0 Å². The van der Waals surface area contributed by atoms with Crippen LogP contribution in [-0.4, -0.2) is 403 Å². The van der Waals surface area contributed by atoms with Gasteiger partial charge in [0, 0.05) is 12.5 Å². The van der Waals surface area contributed by atoms with Crippen LogP contribution in [0.15, 0.2) is 0 Å². The Kier molecular flexibility index (Phi) is 24.2. The summed E-state index contributed by atoms with van der Waals surface area (Å²) in [4.78, 5) is 0. The van der Waals surface area contributed by atoms with E-state index < -0.39 is 298 Å². The molecule has 40 atom stereocenters. The molecule has 0 aromatic rings. The topological polar surface area (TPSA) is 604 Å². The van der Waals surface area contributed by atoms with Crippen molar-refractivity contribution in [2.24, 2.45) is 5.92 Å². The smallest absolute Gasteiger partial charge is 0.187 e. The van der Waals surface area contributed by atoms with Crippen molar-refractivity contribution in [3.8, 4) is 0 Å². The fourth-order valence-corrected chi connectivity index (χ4v) is 12.6. The van der Waals surface area contributed by atoms with Crippen LogP contribution >= 0.6 is 0 Å². The zero-order valence-electron chi connectivity index (χ0n) is 46.9. The highest BCUT2D eigenvalue weighted by molar-refractivity contribution is 5.03. The summed E-state index contributed by atoms with van der Waals surface area (Å²) in [5.41, 5.74) is 0. The zero-order chi connectivity index (χ0) is 64.1. The molecule has 29 saturated heterocycles. The second-order valence-electron chi connectivity index (χ2n) is 23.2.